The van der Waals surface area contributed by atoms with E-state index in [1.807, 2.05) is 12.1 Å². The van der Waals surface area contributed by atoms with Crippen molar-refractivity contribution in [3.63, 3.8) is 0 Å². The summed E-state index contributed by atoms with van der Waals surface area (Å²) in [7, 11) is 0. The molecule has 2 saturated heterocycles. The fraction of sp³-hybridized carbons (Fsp3) is 0.632. The predicted molar refractivity (Wildman–Crippen MR) is 115 cm³/mol. The fourth-order valence-corrected chi connectivity index (χ4v) is 3.44. The molecule has 1 unspecified atom stereocenters. The number of aliphatic imine (C=N–C) groups is 1. The van der Waals surface area contributed by atoms with E-state index in [-0.39, 0.29) is 29.8 Å². The third-order valence-electron chi connectivity index (χ3n) is 4.84. The molecule has 5 nitrogen and oxygen atoms in total. The van der Waals surface area contributed by atoms with Crippen molar-refractivity contribution >= 4 is 35.6 Å². The molecule has 1 aromatic rings. The van der Waals surface area contributed by atoms with Gasteiger partial charge in [0.1, 0.15) is 5.82 Å². The van der Waals surface area contributed by atoms with Gasteiger partial charge in [-0.05, 0) is 50.5 Å². The average Bonchev–Trinajstić information content (AvgIpc) is 3.15. The Morgan fingerprint density at radius 3 is 2.58 bits per heavy atom. The first-order chi connectivity index (χ1) is 12.3. The standard InChI is InChI=1S/C19H29FN4O.HI/c1-2-21-19(22-10-9-18-4-3-15-25-18)24-13-11-23(12-14-24)17-7-5-16(20)6-8-17;/h5-8,18H,2-4,9-15H2,1H3,(H,21,22);1H. The van der Waals surface area contributed by atoms with Crippen LogP contribution >= 0.6 is 24.0 Å². The molecule has 0 saturated carbocycles. The maximum absolute atomic E-state index is 13.1. The van der Waals surface area contributed by atoms with Gasteiger partial charge in [0.2, 0.25) is 0 Å². The van der Waals surface area contributed by atoms with Crippen LogP contribution in [0, 0.1) is 5.82 Å². The molecule has 2 aliphatic heterocycles. The van der Waals surface area contributed by atoms with E-state index < -0.39 is 0 Å². The normalized spacial score (nSPS) is 20.8. The number of rotatable bonds is 5. The first kappa shape index (κ1) is 21.2. The zero-order valence-electron chi connectivity index (χ0n) is 15.5. The van der Waals surface area contributed by atoms with E-state index in [1.165, 1.54) is 25.0 Å². The third-order valence-corrected chi connectivity index (χ3v) is 4.84. The Hall–Kier alpha value is -1.09. The summed E-state index contributed by atoms with van der Waals surface area (Å²) in [6.07, 6.45) is 3.74. The van der Waals surface area contributed by atoms with Gasteiger partial charge < -0.3 is 19.9 Å². The molecular weight excluding hydrogens is 446 g/mol. The minimum Gasteiger partial charge on any atom is -0.378 e. The predicted octanol–water partition coefficient (Wildman–Crippen LogP) is 3.10. The number of nitrogens with one attached hydrogen (secondary N) is 1. The second-order valence-corrected chi connectivity index (χ2v) is 6.61. The summed E-state index contributed by atoms with van der Waals surface area (Å²) in [5, 5.41) is 3.41. The van der Waals surface area contributed by atoms with Gasteiger partial charge in [0.05, 0.1) is 6.10 Å². The Morgan fingerprint density at radius 2 is 1.96 bits per heavy atom. The van der Waals surface area contributed by atoms with E-state index >= 15 is 0 Å². The van der Waals surface area contributed by atoms with Crippen molar-refractivity contribution in [2.75, 3.05) is 50.8 Å². The van der Waals surface area contributed by atoms with Crippen LogP contribution in [0.15, 0.2) is 29.3 Å². The van der Waals surface area contributed by atoms with Gasteiger partial charge in [0, 0.05) is 51.6 Å². The largest absolute Gasteiger partial charge is 0.378 e. The van der Waals surface area contributed by atoms with Crippen LogP contribution in [0.25, 0.3) is 0 Å². The fourth-order valence-electron chi connectivity index (χ4n) is 3.44. The molecule has 0 bridgehead atoms. The summed E-state index contributed by atoms with van der Waals surface area (Å²) < 4.78 is 18.8. The summed E-state index contributed by atoms with van der Waals surface area (Å²) in [5.74, 6) is 0.814. The van der Waals surface area contributed by atoms with Crippen molar-refractivity contribution in [2.24, 2.45) is 4.99 Å². The van der Waals surface area contributed by atoms with Crippen LogP contribution in [0.4, 0.5) is 10.1 Å². The molecule has 0 aromatic heterocycles. The monoisotopic (exact) mass is 476 g/mol. The Balaban J connectivity index is 0.00000243. The van der Waals surface area contributed by atoms with E-state index in [0.717, 1.165) is 63.9 Å². The molecule has 3 rings (SSSR count). The van der Waals surface area contributed by atoms with Gasteiger partial charge in [0.15, 0.2) is 5.96 Å². The van der Waals surface area contributed by atoms with Gasteiger partial charge >= 0.3 is 0 Å². The number of nitrogens with zero attached hydrogens (tertiary/aromatic N) is 3. The topological polar surface area (TPSA) is 40.1 Å². The van der Waals surface area contributed by atoms with E-state index in [9.17, 15) is 4.39 Å². The summed E-state index contributed by atoms with van der Waals surface area (Å²) in [4.78, 5) is 9.41. The summed E-state index contributed by atoms with van der Waals surface area (Å²) in [5.41, 5.74) is 1.08. The number of benzene rings is 1. The summed E-state index contributed by atoms with van der Waals surface area (Å²) in [6.45, 7) is 8.36. The number of halogens is 2. The summed E-state index contributed by atoms with van der Waals surface area (Å²) in [6, 6.07) is 6.76. The third kappa shape index (κ3) is 5.97. The van der Waals surface area contributed by atoms with Crippen LogP contribution in [-0.4, -0.2) is 62.8 Å². The van der Waals surface area contributed by atoms with Gasteiger partial charge in [-0.25, -0.2) is 4.39 Å². The lowest BCUT2D eigenvalue weighted by Crippen LogP contribution is -2.52. The maximum atomic E-state index is 13.1. The SMILES string of the molecule is CCNC(=NCCC1CCCO1)N1CCN(c2ccc(F)cc2)CC1.I. The van der Waals surface area contributed by atoms with Crippen LogP contribution in [0.5, 0.6) is 0 Å². The van der Waals surface area contributed by atoms with Crippen LogP contribution in [0.2, 0.25) is 0 Å². The number of ether oxygens (including phenoxy) is 1. The highest BCUT2D eigenvalue weighted by molar-refractivity contribution is 14.0. The molecule has 2 aliphatic rings. The molecule has 0 spiro atoms. The highest BCUT2D eigenvalue weighted by atomic mass is 127. The molecule has 1 atom stereocenters. The van der Waals surface area contributed by atoms with E-state index in [0.29, 0.717) is 6.10 Å². The lowest BCUT2D eigenvalue weighted by molar-refractivity contribution is 0.106. The van der Waals surface area contributed by atoms with E-state index in [2.05, 4.69) is 22.0 Å². The van der Waals surface area contributed by atoms with Gasteiger partial charge in [-0.1, -0.05) is 0 Å². The molecule has 0 radical (unpaired) electrons. The molecule has 26 heavy (non-hydrogen) atoms. The van der Waals surface area contributed by atoms with E-state index in [1.54, 1.807) is 0 Å². The molecular formula is C19H30FIN4O. The van der Waals surface area contributed by atoms with Crippen molar-refractivity contribution in [1.29, 1.82) is 0 Å². The molecule has 2 heterocycles. The highest BCUT2D eigenvalue weighted by Crippen LogP contribution is 2.17. The van der Waals surface area contributed by atoms with Crippen molar-refractivity contribution in [3.05, 3.63) is 30.1 Å². The molecule has 0 aliphatic carbocycles. The van der Waals surface area contributed by atoms with Crippen LogP contribution in [0.1, 0.15) is 26.2 Å². The Morgan fingerprint density at radius 1 is 1.23 bits per heavy atom. The molecule has 7 heteroatoms. The minimum absolute atomic E-state index is 0. The number of guanidine groups is 1. The lowest BCUT2D eigenvalue weighted by atomic mass is 10.2. The first-order valence-electron chi connectivity index (χ1n) is 9.41. The van der Waals surface area contributed by atoms with Crippen LogP contribution in [-0.2, 0) is 4.74 Å². The Kier molecular flexibility index (Phi) is 8.90. The van der Waals surface area contributed by atoms with Crippen molar-refractivity contribution < 1.29 is 9.13 Å². The maximum Gasteiger partial charge on any atom is 0.194 e. The number of anilines is 1. The smallest absolute Gasteiger partial charge is 0.194 e. The van der Waals surface area contributed by atoms with Crippen LogP contribution < -0.4 is 10.2 Å². The molecule has 146 valence electrons. The van der Waals surface area contributed by atoms with Crippen molar-refractivity contribution in [3.8, 4) is 0 Å². The highest BCUT2D eigenvalue weighted by Gasteiger charge is 2.20. The second kappa shape index (κ2) is 10.9. The van der Waals surface area contributed by atoms with Gasteiger partial charge in [-0.2, -0.15) is 0 Å². The minimum atomic E-state index is -0.185. The zero-order valence-corrected chi connectivity index (χ0v) is 17.8. The van der Waals surface area contributed by atoms with Crippen molar-refractivity contribution in [2.45, 2.75) is 32.3 Å². The molecule has 0 amide bonds. The van der Waals surface area contributed by atoms with Gasteiger partial charge in [0.25, 0.3) is 0 Å². The number of hydrogen-bond donors (Lipinski definition) is 1. The number of piperazine rings is 1. The van der Waals surface area contributed by atoms with Gasteiger partial charge in [-0.3, -0.25) is 4.99 Å². The quantitative estimate of drug-likeness (QED) is 0.403. The van der Waals surface area contributed by atoms with Crippen LogP contribution in [0.3, 0.4) is 0 Å². The molecule has 2 fully saturated rings. The second-order valence-electron chi connectivity index (χ2n) is 6.61. The lowest BCUT2D eigenvalue weighted by Gasteiger charge is -2.37. The first-order valence-corrected chi connectivity index (χ1v) is 9.41. The van der Waals surface area contributed by atoms with E-state index in [4.69, 9.17) is 9.73 Å². The summed E-state index contributed by atoms with van der Waals surface area (Å²) >= 11 is 0. The Labute approximate surface area is 173 Å². The molecule has 1 N–H and O–H groups in total. The van der Waals surface area contributed by atoms with Crippen molar-refractivity contribution in [1.82, 2.24) is 10.2 Å². The molecule has 1 aromatic carbocycles. The Bertz CT molecular complexity index is 555. The number of hydrogen-bond acceptors (Lipinski definition) is 3. The van der Waals surface area contributed by atoms with Gasteiger partial charge in [-0.15, -0.1) is 24.0 Å². The zero-order chi connectivity index (χ0) is 17.5. The average molecular weight is 476 g/mol.